The fourth-order valence-electron chi connectivity index (χ4n) is 11.1. The van der Waals surface area contributed by atoms with Gasteiger partial charge in [-0.2, -0.15) is 0 Å². The Morgan fingerprint density at radius 3 is 1.76 bits per heavy atom. The topological polar surface area (TPSA) is 22.4 Å². The van der Waals surface area contributed by atoms with Crippen molar-refractivity contribution >= 4 is 43.5 Å². The van der Waals surface area contributed by atoms with E-state index in [2.05, 4.69) is 182 Å². The highest BCUT2D eigenvalue weighted by molar-refractivity contribution is 6.15. The SMILES string of the molecule is c1ccc2c(c1)-c1ccc(-c3ccc4c(c3)-c3cccc5c(-c6cccc7c6oc6ccccc67)ccc(c35)O4)cc1C21c2ccccc2-c2cccc3cccc1c23. The molecule has 0 N–H and O–H groups in total. The van der Waals surface area contributed by atoms with Gasteiger partial charge in [-0.25, -0.2) is 0 Å². The number of hydrogen-bond acceptors (Lipinski definition) is 2. The molecule has 0 radical (unpaired) electrons. The first-order valence-corrected chi connectivity index (χ1v) is 20.4. The summed E-state index contributed by atoms with van der Waals surface area (Å²) in [5.74, 6) is 1.74. The van der Waals surface area contributed by atoms with Gasteiger partial charge in [0.25, 0.3) is 0 Å². The van der Waals surface area contributed by atoms with Crippen LogP contribution in [0, 0.1) is 0 Å². The lowest BCUT2D eigenvalue weighted by Crippen LogP contribution is -2.31. The summed E-state index contributed by atoms with van der Waals surface area (Å²) in [4.78, 5) is 0. The third kappa shape index (κ3) is 3.96. The number of fused-ring (bicyclic) bond motifs is 14. The molecule has 1 aliphatic heterocycles. The van der Waals surface area contributed by atoms with E-state index in [1.807, 2.05) is 12.1 Å². The molecule has 11 aromatic rings. The number of rotatable bonds is 2. The number of furan rings is 1. The molecule has 0 bridgehead atoms. The second-order valence-corrected chi connectivity index (χ2v) is 16.2. The molecule has 1 spiro atoms. The van der Waals surface area contributed by atoms with E-state index in [0.29, 0.717) is 0 Å². The maximum atomic E-state index is 6.75. The highest BCUT2D eigenvalue weighted by Gasteiger charge is 2.50. The van der Waals surface area contributed by atoms with E-state index in [9.17, 15) is 0 Å². The average Bonchev–Trinajstić information content (AvgIpc) is 3.82. The van der Waals surface area contributed by atoms with Crippen LogP contribution in [0.4, 0.5) is 0 Å². The van der Waals surface area contributed by atoms with Crippen LogP contribution < -0.4 is 4.74 Å². The molecule has 3 aliphatic rings. The zero-order valence-corrected chi connectivity index (χ0v) is 31.8. The molecule has 272 valence electrons. The summed E-state index contributed by atoms with van der Waals surface area (Å²) in [7, 11) is 0. The van der Waals surface area contributed by atoms with Crippen molar-refractivity contribution in [3.63, 3.8) is 0 Å². The van der Waals surface area contributed by atoms with Gasteiger partial charge < -0.3 is 9.15 Å². The number of ether oxygens (including phenoxy) is 1. The molecular formula is C57H32O2. The Morgan fingerprint density at radius 1 is 0.322 bits per heavy atom. The molecule has 2 nitrogen and oxygen atoms in total. The summed E-state index contributed by atoms with van der Waals surface area (Å²) in [6.45, 7) is 0. The third-order valence-electron chi connectivity index (χ3n) is 13.5. The van der Waals surface area contributed by atoms with Gasteiger partial charge in [0.05, 0.1) is 5.41 Å². The Kier molecular flexibility index (Phi) is 5.99. The predicted octanol–water partition coefficient (Wildman–Crippen LogP) is 15.3. The highest BCUT2D eigenvalue weighted by Crippen LogP contribution is 2.62. The van der Waals surface area contributed by atoms with Crippen LogP contribution in [0.3, 0.4) is 0 Å². The van der Waals surface area contributed by atoms with Gasteiger partial charge in [0.15, 0.2) is 0 Å². The summed E-state index contributed by atoms with van der Waals surface area (Å²) < 4.78 is 13.3. The number of para-hydroxylation sites is 2. The van der Waals surface area contributed by atoms with Crippen LogP contribution in [0.15, 0.2) is 199 Å². The van der Waals surface area contributed by atoms with Crippen LogP contribution in [0.5, 0.6) is 11.5 Å². The molecular weight excluding hydrogens is 717 g/mol. The standard InChI is InChI=1S/C57H32O2/c1-4-21-47-37(13-1)39-27-25-35(32-50(39)57(47)48-22-5-2-14-38(48)42-16-7-11-33-12-8-23-49(57)54(33)42)34-26-29-52-46(31-34)43-18-9-17-41-36(28-30-53(58-52)55(41)43)44-19-10-20-45-40-15-3-6-24-51(40)59-56(44)45/h1-32H. The Labute approximate surface area is 340 Å². The fourth-order valence-corrected chi connectivity index (χ4v) is 11.1. The molecule has 0 saturated carbocycles. The average molecular weight is 749 g/mol. The lowest BCUT2D eigenvalue weighted by Gasteiger charge is -2.40. The molecule has 2 heterocycles. The van der Waals surface area contributed by atoms with Gasteiger partial charge in [-0.3, -0.25) is 0 Å². The molecule has 14 rings (SSSR count). The molecule has 0 fully saturated rings. The van der Waals surface area contributed by atoms with Crippen LogP contribution >= 0.6 is 0 Å². The Morgan fingerprint density at radius 2 is 0.898 bits per heavy atom. The van der Waals surface area contributed by atoms with E-state index < -0.39 is 5.41 Å². The van der Waals surface area contributed by atoms with E-state index in [-0.39, 0.29) is 0 Å². The van der Waals surface area contributed by atoms with Gasteiger partial charge in [-0.15, -0.1) is 0 Å². The Bertz CT molecular complexity index is 3650. The van der Waals surface area contributed by atoms with Gasteiger partial charge in [0, 0.05) is 27.3 Å². The summed E-state index contributed by atoms with van der Waals surface area (Å²) in [5, 5.41) is 7.14. The molecule has 59 heavy (non-hydrogen) atoms. The first-order valence-electron chi connectivity index (χ1n) is 20.4. The fraction of sp³-hybridized carbons (Fsp3) is 0.0175. The second-order valence-electron chi connectivity index (χ2n) is 16.2. The summed E-state index contributed by atoms with van der Waals surface area (Å²) in [5.41, 5.74) is 18.7. The molecule has 2 heteroatoms. The van der Waals surface area contributed by atoms with E-state index in [0.717, 1.165) is 66.5 Å². The van der Waals surface area contributed by atoms with E-state index >= 15 is 0 Å². The normalized spacial score (nSPS) is 15.3. The molecule has 1 unspecified atom stereocenters. The molecule has 2 aliphatic carbocycles. The monoisotopic (exact) mass is 748 g/mol. The van der Waals surface area contributed by atoms with Crippen molar-refractivity contribution in [1.29, 1.82) is 0 Å². The Balaban J connectivity index is 0.971. The first kappa shape index (κ1) is 31.4. The van der Waals surface area contributed by atoms with Crippen molar-refractivity contribution in [3.05, 3.63) is 216 Å². The van der Waals surface area contributed by atoms with Gasteiger partial charge >= 0.3 is 0 Å². The smallest absolute Gasteiger partial charge is 0.143 e. The van der Waals surface area contributed by atoms with Crippen molar-refractivity contribution < 1.29 is 9.15 Å². The predicted molar refractivity (Wildman–Crippen MR) is 241 cm³/mol. The van der Waals surface area contributed by atoms with Crippen molar-refractivity contribution in [1.82, 2.24) is 0 Å². The highest BCUT2D eigenvalue weighted by atomic mass is 16.5. The quantitative estimate of drug-likeness (QED) is 0.176. The maximum absolute atomic E-state index is 6.75. The summed E-state index contributed by atoms with van der Waals surface area (Å²) in [6.07, 6.45) is 0. The molecule has 1 aromatic heterocycles. The minimum Gasteiger partial charge on any atom is -0.456 e. The van der Waals surface area contributed by atoms with Crippen molar-refractivity contribution in [2.45, 2.75) is 5.41 Å². The molecule has 0 amide bonds. The van der Waals surface area contributed by atoms with Gasteiger partial charge in [-0.05, 0) is 119 Å². The lowest BCUT2D eigenvalue weighted by molar-refractivity contribution is 0.487. The van der Waals surface area contributed by atoms with Crippen LogP contribution in [-0.2, 0) is 5.41 Å². The maximum Gasteiger partial charge on any atom is 0.143 e. The largest absolute Gasteiger partial charge is 0.456 e. The second kappa shape index (κ2) is 11.2. The molecule has 0 saturated heterocycles. The van der Waals surface area contributed by atoms with E-state index in [1.54, 1.807) is 0 Å². The van der Waals surface area contributed by atoms with Crippen molar-refractivity contribution in [2.24, 2.45) is 0 Å². The number of benzene rings is 10. The lowest BCUT2D eigenvalue weighted by atomic mass is 9.61. The van der Waals surface area contributed by atoms with Crippen LogP contribution in [-0.4, -0.2) is 0 Å². The van der Waals surface area contributed by atoms with Crippen LogP contribution in [0.2, 0.25) is 0 Å². The van der Waals surface area contributed by atoms with Crippen molar-refractivity contribution in [2.75, 3.05) is 0 Å². The van der Waals surface area contributed by atoms with Crippen LogP contribution in [0.25, 0.3) is 99.1 Å². The molecule has 10 aromatic carbocycles. The van der Waals surface area contributed by atoms with Crippen molar-refractivity contribution in [3.8, 4) is 67.1 Å². The summed E-state index contributed by atoms with van der Waals surface area (Å²) >= 11 is 0. The molecule has 1 atom stereocenters. The van der Waals surface area contributed by atoms with Gasteiger partial charge in [-0.1, -0.05) is 158 Å². The zero-order chi connectivity index (χ0) is 38.4. The van der Waals surface area contributed by atoms with E-state index in [4.69, 9.17) is 9.15 Å². The third-order valence-corrected chi connectivity index (χ3v) is 13.5. The zero-order valence-electron chi connectivity index (χ0n) is 31.8. The minimum atomic E-state index is -0.465. The number of hydrogen-bond donors (Lipinski definition) is 0. The van der Waals surface area contributed by atoms with Crippen LogP contribution in [0.1, 0.15) is 22.3 Å². The van der Waals surface area contributed by atoms with E-state index in [1.165, 1.54) is 66.4 Å². The summed E-state index contributed by atoms with van der Waals surface area (Å²) in [6, 6.07) is 71.3. The first-order chi connectivity index (χ1) is 29.3. The minimum absolute atomic E-state index is 0.465. The Hall–Kier alpha value is -7.68. The van der Waals surface area contributed by atoms with Gasteiger partial charge in [0.1, 0.15) is 22.7 Å². The van der Waals surface area contributed by atoms with Gasteiger partial charge in [0.2, 0.25) is 0 Å².